The fourth-order valence-corrected chi connectivity index (χ4v) is 4.64. The molecule has 0 bridgehead atoms. The highest BCUT2D eigenvalue weighted by Gasteiger charge is 2.27. The Hall–Kier alpha value is -1.99. The number of ether oxygens (including phenoxy) is 1. The Kier molecular flexibility index (Phi) is 4.88. The van der Waals surface area contributed by atoms with Crippen molar-refractivity contribution >= 4 is 40.7 Å². The molecule has 0 spiro atoms. The summed E-state index contributed by atoms with van der Waals surface area (Å²) in [6, 6.07) is 8.72. The highest BCUT2D eigenvalue weighted by molar-refractivity contribution is 8.00. The second kappa shape index (κ2) is 7.06. The molecule has 1 aromatic carbocycles. The van der Waals surface area contributed by atoms with E-state index in [1.54, 1.807) is 47.4 Å². The first kappa shape index (κ1) is 15.9. The Labute approximate surface area is 141 Å². The number of hydrogen-bond donors (Lipinski definition) is 2. The number of carboxylic acid groups (broad SMARTS) is 1. The molecule has 1 aromatic heterocycles. The Balaban J connectivity index is 1.64. The van der Waals surface area contributed by atoms with Crippen molar-refractivity contribution in [1.29, 1.82) is 0 Å². The van der Waals surface area contributed by atoms with Gasteiger partial charge in [0.15, 0.2) is 6.61 Å². The fraction of sp³-hybridized carbons (Fsp3) is 0.250. The first-order valence-electron chi connectivity index (χ1n) is 7.07. The van der Waals surface area contributed by atoms with Crippen LogP contribution in [-0.4, -0.2) is 29.3 Å². The number of carboxylic acids is 1. The number of thioether (sulfide) groups is 1. The van der Waals surface area contributed by atoms with Crippen molar-refractivity contribution in [3.05, 3.63) is 46.2 Å². The maximum atomic E-state index is 12.5. The summed E-state index contributed by atoms with van der Waals surface area (Å²) in [5.41, 5.74) is 1.78. The van der Waals surface area contributed by atoms with E-state index < -0.39 is 5.97 Å². The molecule has 3 rings (SSSR count). The third kappa shape index (κ3) is 3.86. The van der Waals surface area contributed by atoms with Crippen molar-refractivity contribution in [1.82, 2.24) is 0 Å². The van der Waals surface area contributed by atoms with Crippen molar-refractivity contribution < 1.29 is 19.4 Å². The van der Waals surface area contributed by atoms with Crippen molar-refractivity contribution in [2.45, 2.75) is 11.7 Å². The standard InChI is InChI=1S/C16H15NO4S2/c18-14(19)9-21-11-3-1-10(2-4-11)17-16(20)15-12-5-7-22-13(12)6-8-23-15/h1-5,7,15H,6,8-9H2,(H,17,20)(H,18,19). The first-order valence-corrected chi connectivity index (χ1v) is 9.00. The van der Waals surface area contributed by atoms with Crippen LogP contribution < -0.4 is 10.1 Å². The number of thiophene rings is 1. The van der Waals surface area contributed by atoms with Gasteiger partial charge < -0.3 is 15.2 Å². The van der Waals surface area contributed by atoms with Crippen LogP contribution in [0.1, 0.15) is 15.7 Å². The van der Waals surface area contributed by atoms with Gasteiger partial charge in [-0.1, -0.05) is 0 Å². The number of rotatable bonds is 5. The highest BCUT2D eigenvalue weighted by Crippen LogP contribution is 2.39. The van der Waals surface area contributed by atoms with Gasteiger partial charge in [0.05, 0.1) is 0 Å². The van der Waals surface area contributed by atoms with E-state index in [-0.39, 0.29) is 17.8 Å². The average Bonchev–Trinajstić information content (AvgIpc) is 3.02. The number of fused-ring (bicyclic) bond motifs is 1. The minimum Gasteiger partial charge on any atom is -0.482 e. The Morgan fingerprint density at radius 2 is 2.04 bits per heavy atom. The second-order valence-corrected chi connectivity index (χ2v) is 7.21. The van der Waals surface area contributed by atoms with Gasteiger partial charge in [-0.25, -0.2) is 4.79 Å². The molecule has 7 heteroatoms. The summed E-state index contributed by atoms with van der Waals surface area (Å²) in [6.07, 6.45) is 1.02. The van der Waals surface area contributed by atoms with Gasteiger partial charge in [0.2, 0.25) is 5.91 Å². The Morgan fingerprint density at radius 3 is 2.78 bits per heavy atom. The zero-order chi connectivity index (χ0) is 16.2. The molecular formula is C16H15NO4S2. The van der Waals surface area contributed by atoms with Gasteiger partial charge in [-0.05, 0) is 53.4 Å². The van der Waals surface area contributed by atoms with E-state index in [1.807, 2.05) is 11.4 Å². The summed E-state index contributed by atoms with van der Waals surface area (Å²) < 4.78 is 5.06. The van der Waals surface area contributed by atoms with Crippen LogP contribution >= 0.6 is 23.1 Å². The van der Waals surface area contributed by atoms with Crippen molar-refractivity contribution in [2.75, 3.05) is 17.7 Å². The van der Waals surface area contributed by atoms with E-state index in [2.05, 4.69) is 5.32 Å². The largest absolute Gasteiger partial charge is 0.482 e. The molecule has 0 saturated carbocycles. The van der Waals surface area contributed by atoms with Gasteiger partial charge in [0.25, 0.3) is 0 Å². The fourth-order valence-electron chi connectivity index (χ4n) is 2.35. The average molecular weight is 349 g/mol. The topological polar surface area (TPSA) is 75.6 Å². The van der Waals surface area contributed by atoms with Crippen LogP contribution in [-0.2, 0) is 16.0 Å². The maximum Gasteiger partial charge on any atom is 0.341 e. The number of aliphatic carboxylic acids is 1. The molecule has 1 atom stereocenters. The molecule has 0 saturated heterocycles. The van der Waals surface area contributed by atoms with Crippen LogP contribution in [0, 0.1) is 0 Å². The molecule has 23 heavy (non-hydrogen) atoms. The van der Waals surface area contributed by atoms with E-state index in [9.17, 15) is 9.59 Å². The lowest BCUT2D eigenvalue weighted by Crippen LogP contribution is -2.22. The number of benzene rings is 1. The molecule has 1 aliphatic heterocycles. The predicted molar refractivity (Wildman–Crippen MR) is 91.4 cm³/mol. The molecule has 2 N–H and O–H groups in total. The summed E-state index contributed by atoms with van der Waals surface area (Å²) in [5.74, 6) is 0.350. The van der Waals surface area contributed by atoms with Gasteiger partial charge in [-0.15, -0.1) is 23.1 Å². The molecule has 1 amide bonds. The van der Waals surface area contributed by atoms with Gasteiger partial charge in [-0.2, -0.15) is 0 Å². The number of nitrogens with one attached hydrogen (secondary N) is 1. The lowest BCUT2D eigenvalue weighted by Gasteiger charge is -2.21. The predicted octanol–water partition coefficient (Wildman–Crippen LogP) is 3.18. The SMILES string of the molecule is O=C(O)COc1ccc(NC(=O)C2SCCc3sccc32)cc1. The van der Waals surface area contributed by atoms with Gasteiger partial charge in [0, 0.05) is 10.6 Å². The van der Waals surface area contributed by atoms with Crippen LogP contribution in [0.2, 0.25) is 0 Å². The molecule has 1 aliphatic rings. The number of aryl methyl sites for hydroxylation is 1. The second-order valence-electron chi connectivity index (χ2n) is 5.00. The lowest BCUT2D eigenvalue weighted by molar-refractivity contribution is -0.139. The molecule has 5 nitrogen and oxygen atoms in total. The first-order chi connectivity index (χ1) is 11.1. The van der Waals surface area contributed by atoms with Crippen LogP contribution in [0.5, 0.6) is 5.75 Å². The number of anilines is 1. The minimum absolute atomic E-state index is 0.0337. The monoisotopic (exact) mass is 349 g/mol. The normalized spacial score (nSPS) is 16.4. The van der Waals surface area contributed by atoms with Crippen LogP contribution in [0.4, 0.5) is 5.69 Å². The summed E-state index contributed by atoms with van der Waals surface area (Å²) in [6.45, 7) is -0.384. The highest BCUT2D eigenvalue weighted by atomic mass is 32.2. The van der Waals surface area contributed by atoms with E-state index in [0.29, 0.717) is 11.4 Å². The summed E-state index contributed by atoms with van der Waals surface area (Å²) in [7, 11) is 0. The molecule has 2 heterocycles. The Morgan fingerprint density at radius 1 is 1.26 bits per heavy atom. The van der Waals surface area contributed by atoms with Gasteiger partial charge >= 0.3 is 5.97 Å². The van der Waals surface area contributed by atoms with Crippen LogP contribution in [0.25, 0.3) is 0 Å². The summed E-state index contributed by atoms with van der Waals surface area (Å²) >= 11 is 3.36. The molecular weight excluding hydrogens is 334 g/mol. The molecule has 0 radical (unpaired) electrons. The Bertz CT molecular complexity index is 711. The third-order valence-corrected chi connectivity index (χ3v) is 5.64. The minimum atomic E-state index is -1.02. The quantitative estimate of drug-likeness (QED) is 0.867. The van der Waals surface area contributed by atoms with E-state index in [0.717, 1.165) is 17.7 Å². The van der Waals surface area contributed by atoms with Crippen LogP contribution in [0.3, 0.4) is 0 Å². The van der Waals surface area contributed by atoms with Gasteiger partial charge in [0.1, 0.15) is 11.0 Å². The van der Waals surface area contributed by atoms with Crippen molar-refractivity contribution in [3.63, 3.8) is 0 Å². The molecule has 1 unspecified atom stereocenters. The zero-order valence-electron chi connectivity index (χ0n) is 12.2. The number of carbonyl (C=O) groups excluding carboxylic acids is 1. The maximum absolute atomic E-state index is 12.5. The number of amides is 1. The lowest BCUT2D eigenvalue weighted by atomic mass is 10.1. The number of carbonyl (C=O) groups is 2. The zero-order valence-corrected chi connectivity index (χ0v) is 13.8. The van der Waals surface area contributed by atoms with E-state index in [1.165, 1.54) is 4.88 Å². The molecule has 0 aliphatic carbocycles. The van der Waals surface area contributed by atoms with Crippen molar-refractivity contribution in [2.24, 2.45) is 0 Å². The number of hydrogen-bond acceptors (Lipinski definition) is 5. The third-order valence-electron chi connectivity index (χ3n) is 3.40. The summed E-state index contributed by atoms with van der Waals surface area (Å²) in [5, 5.41) is 13.3. The molecule has 2 aromatic rings. The smallest absolute Gasteiger partial charge is 0.341 e. The van der Waals surface area contributed by atoms with E-state index in [4.69, 9.17) is 9.84 Å². The van der Waals surface area contributed by atoms with Gasteiger partial charge in [-0.3, -0.25) is 4.79 Å². The van der Waals surface area contributed by atoms with E-state index >= 15 is 0 Å². The summed E-state index contributed by atoms with van der Waals surface area (Å²) in [4.78, 5) is 24.2. The molecule has 0 fully saturated rings. The van der Waals surface area contributed by atoms with Crippen molar-refractivity contribution in [3.8, 4) is 5.75 Å². The van der Waals surface area contributed by atoms with Crippen LogP contribution in [0.15, 0.2) is 35.7 Å². The molecule has 120 valence electrons.